The van der Waals surface area contributed by atoms with E-state index >= 15 is 0 Å². The van der Waals surface area contributed by atoms with E-state index < -0.39 is 17.3 Å². The van der Waals surface area contributed by atoms with Gasteiger partial charge >= 0.3 is 6.18 Å². The molecule has 146 valence electrons. The minimum absolute atomic E-state index is 0.0605. The molecule has 0 aliphatic carbocycles. The van der Waals surface area contributed by atoms with Gasteiger partial charge in [-0.15, -0.1) is 0 Å². The molecular weight excluding hydrogens is 375 g/mol. The van der Waals surface area contributed by atoms with Crippen LogP contribution >= 0.6 is 11.8 Å². The zero-order valence-corrected chi connectivity index (χ0v) is 16.3. The number of carbonyl (C=O) groups excluding carboxylic acids is 1. The topological polar surface area (TPSA) is 46.1 Å². The predicted octanol–water partition coefficient (Wildman–Crippen LogP) is 4.63. The first-order valence-electron chi connectivity index (χ1n) is 8.94. The SMILES string of the molecule is C[C@@H]1C[C@@H](C)CN(C(=O)[C@H](C)Sc2nc(C(F)(F)F)nc3ccccc23)C1. The van der Waals surface area contributed by atoms with E-state index in [4.69, 9.17) is 0 Å². The van der Waals surface area contributed by atoms with Crippen molar-refractivity contribution >= 4 is 28.6 Å². The molecule has 1 aliphatic heterocycles. The number of amides is 1. The van der Waals surface area contributed by atoms with E-state index in [1.807, 2.05) is 4.90 Å². The molecule has 0 spiro atoms. The zero-order valence-electron chi connectivity index (χ0n) is 15.5. The molecule has 1 aromatic heterocycles. The van der Waals surface area contributed by atoms with Crippen LogP contribution in [0.2, 0.25) is 0 Å². The van der Waals surface area contributed by atoms with Gasteiger partial charge in [0.05, 0.1) is 10.8 Å². The molecule has 4 nitrogen and oxygen atoms in total. The Balaban J connectivity index is 1.88. The maximum absolute atomic E-state index is 13.2. The fraction of sp³-hybridized carbons (Fsp3) is 0.526. The second-order valence-electron chi connectivity index (χ2n) is 7.32. The lowest BCUT2D eigenvalue weighted by Crippen LogP contribution is -2.45. The van der Waals surface area contributed by atoms with E-state index in [1.165, 1.54) is 6.07 Å². The molecular formula is C19H22F3N3OS. The summed E-state index contributed by atoms with van der Waals surface area (Å²) >= 11 is 1.07. The number of hydrogen-bond acceptors (Lipinski definition) is 4. The highest BCUT2D eigenvalue weighted by Gasteiger charge is 2.36. The third-order valence-corrected chi connectivity index (χ3v) is 5.73. The quantitative estimate of drug-likeness (QED) is 0.559. The van der Waals surface area contributed by atoms with Gasteiger partial charge in [0, 0.05) is 18.5 Å². The molecule has 1 amide bonds. The monoisotopic (exact) mass is 397 g/mol. The molecule has 1 aromatic carbocycles. The van der Waals surface area contributed by atoms with Crippen molar-refractivity contribution in [1.29, 1.82) is 0 Å². The van der Waals surface area contributed by atoms with Crippen molar-refractivity contribution in [2.75, 3.05) is 13.1 Å². The van der Waals surface area contributed by atoms with Crippen LogP contribution in [0.5, 0.6) is 0 Å². The third kappa shape index (κ3) is 4.54. The Morgan fingerprint density at radius 3 is 2.44 bits per heavy atom. The Bertz CT molecular complexity index is 833. The number of thioether (sulfide) groups is 1. The molecule has 0 N–H and O–H groups in total. The molecule has 0 saturated carbocycles. The first kappa shape index (κ1) is 19.9. The number of benzene rings is 1. The van der Waals surface area contributed by atoms with Crippen LogP contribution in [-0.2, 0) is 11.0 Å². The summed E-state index contributed by atoms with van der Waals surface area (Å²) < 4.78 is 39.5. The van der Waals surface area contributed by atoms with Gasteiger partial charge in [0.15, 0.2) is 0 Å². The van der Waals surface area contributed by atoms with Crippen molar-refractivity contribution in [1.82, 2.24) is 14.9 Å². The van der Waals surface area contributed by atoms with Crippen LogP contribution < -0.4 is 0 Å². The summed E-state index contributed by atoms with van der Waals surface area (Å²) in [5.41, 5.74) is 0.224. The molecule has 27 heavy (non-hydrogen) atoms. The smallest absolute Gasteiger partial charge is 0.341 e. The van der Waals surface area contributed by atoms with Gasteiger partial charge in [-0.2, -0.15) is 13.2 Å². The largest absolute Gasteiger partial charge is 0.451 e. The molecule has 1 fully saturated rings. The minimum Gasteiger partial charge on any atom is -0.341 e. The highest BCUT2D eigenvalue weighted by atomic mass is 32.2. The first-order valence-corrected chi connectivity index (χ1v) is 9.82. The maximum atomic E-state index is 13.2. The fourth-order valence-electron chi connectivity index (χ4n) is 3.58. The second kappa shape index (κ2) is 7.66. The van der Waals surface area contributed by atoms with Gasteiger partial charge in [-0.1, -0.05) is 43.8 Å². The van der Waals surface area contributed by atoms with Crippen LogP contribution in [0.4, 0.5) is 13.2 Å². The average Bonchev–Trinajstić information content (AvgIpc) is 2.59. The highest BCUT2D eigenvalue weighted by Crippen LogP contribution is 2.34. The summed E-state index contributed by atoms with van der Waals surface area (Å²) in [4.78, 5) is 22.0. The van der Waals surface area contributed by atoms with Crippen LogP contribution in [0, 0.1) is 11.8 Å². The lowest BCUT2D eigenvalue weighted by Gasteiger charge is -2.36. The van der Waals surface area contributed by atoms with E-state index in [2.05, 4.69) is 23.8 Å². The molecule has 1 saturated heterocycles. The van der Waals surface area contributed by atoms with E-state index in [-0.39, 0.29) is 16.4 Å². The Morgan fingerprint density at radius 2 is 1.81 bits per heavy atom. The van der Waals surface area contributed by atoms with E-state index in [0.29, 0.717) is 30.3 Å². The number of carbonyl (C=O) groups is 1. The minimum atomic E-state index is -4.63. The van der Waals surface area contributed by atoms with Gasteiger partial charge < -0.3 is 4.90 Å². The number of halogens is 3. The van der Waals surface area contributed by atoms with Crippen molar-refractivity contribution in [3.63, 3.8) is 0 Å². The van der Waals surface area contributed by atoms with E-state index in [1.54, 1.807) is 25.1 Å². The Hall–Kier alpha value is -1.83. The van der Waals surface area contributed by atoms with Gasteiger partial charge in [-0.25, -0.2) is 9.97 Å². The van der Waals surface area contributed by atoms with Crippen LogP contribution in [0.1, 0.15) is 33.0 Å². The molecule has 3 rings (SSSR count). The number of piperidine rings is 1. The highest BCUT2D eigenvalue weighted by molar-refractivity contribution is 8.00. The molecule has 1 aliphatic rings. The zero-order chi connectivity index (χ0) is 19.8. The second-order valence-corrected chi connectivity index (χ2v) is 8.65. The molecule has 0 bridgehead atoms. The van der Waals surface area contributed by atoms with Crippen molar-refractivity contribution in [2.24, 2.45) is 11.8 Å². The average molecular weight is 397 g/mol. The first-order chi connectivity index (χ1) is 12.6. The number of rotatable bonds is 3. The van der Waals surface area contributed by atoms with E-state index in [9.17, 15) is 18.0 Å². The lowest BCUT2D eigenvalue weighted by atomic mass is 9.92. The van der Waals surface area contributed by atoms with Crippen LogP contribution in [-0.4, -0.2) is 39.1 Å². The molecule has 8 heteroatoms. The van der Waals surface area contributed by atoms with Crippen LogP contribution in [0.25, 0.3) is 10.9 Å². The van der Waals surface area contributed by atoms with Crippen LogP contribution in [0.3, 0.4) is 0 Å². The molecule has 2 aromatic rings. The number of likely N-dealkylation sites (tertiary alicyclic amines) is 1. The number of aromatic nitrogens is 2. The number of nitrogens with zero attached hydrogens (tertiary/aromatic N) is 3. The summed E-state index contributed by atoms with van der Waals surface area (Å²) in [6, 6.07) is 6.56. The van der Waals surface area contributed by atoms with Gasteiger partial charge in [-0.3, -0.25) is 4.79 Å². The Kier molecular flexibility index (Phi) is 5.65. The molecule has 0 radical (unpaired) electrons. The Labute approximate surface area is 160 Å². The fourth-order valence-corrected chi connectivity index (χ4v) is 4.61. The molecule has 3 atom stereocenters. The lowest BCUT2D eigenvalue weighted by molar-refractivity contribution is -0.145. The number of para-hydroxylation sites is 1. The normalized spacial score (nSPS) is 22.1. The van der Waals surface area contributed by atoms with E-state index in [0.717, 1.165) is 18.2 Å². The third-order valence-electron chi connectivity index (χ3n) is 4.64. The Morgan fingerprint density at radius 1 is 1.19 bits per heavy atom. The summed E-state index contributed by atoms with van der Waals surface area (Å²) in [5, 5.41) is 0.185. The van der Waals surface area contributed by atoms with Crippen LogP contribution in [0.15, 0.2) is 29.3 Å². The van der Waals surface area contributed by atoms with Gasteiger partial charge in [0.25, 0.3) is 0 Å². The van der Waals surface area contributed by atoms with Crippen molar-refractivity contribution in [2.45, 2.75) is 43.6 Å². The van der Waals surface area contributed by atoms with Crippen molar-refractivity contribution in [3.8, 4) is 0 Å². The van der Waals surface area contributed by atoms with Gasteiger partial charge in [-0.05, 0) is 31.2 Å². The van der Waals surface area contributed by atoms with Gasteiger partial charge in [0.2, 0.25) is 11.7 Å². The summed E-state index contributed by atoms with van der Waals surface area (Å²) in [5.74, 6) is -0.392. The van der Waals surface area contributed by atoms with Crippen molar-refractivity contribution < 1.29 is 18.0 Å². The summed E-state index contributed by atoms with van der Waals surface area (Å²) in [6.45, 7) is 7.32. The number of alkyl halides is 3. The maximum Gasteiger partial charge on any atom is 0.451 e. The summed E-state index contributed by atoms with van der Waals surface area (Å²) in [7, 11) is 0. The number of hydrogen-bond donors (Lipinski definition) is 0. The van der Waals surface area contributed by atoms with Crippen molar-refractivity contribution in [3.05, 3.63) is 30.1 Å². The predicted molar refractivity (Wildman–Crippen MR) is 99.4 cm³/mol. The number of fused-ring (bicyclic) bond motifs is 1. The molecule has 2 heterocycles. The standard InChI is InChI=1S/C19H22F3N3OS/c1-11-8-12(2)10-25(9-11)17(26)13(3)27-16-14-6-4-5-7-15(14)23-18(24-16)19(20,21)22/h4-7,11-13H,8-10H2,1-3H3/t11-,12-,13+/m1/s1. The molecule has 0 unspecified atom stereocenters. The summed E-state index contributed by atoms with van der Waals surface area (Å²) in [6.07, 6.45) is -3.55. The van der Waals surface area contributed by atoms with Gasteiger partial charge in [0.1, 0.15) is 5.03 Å².